The molecule has 0 bridgehead atoms. The van der Waals surface area contributed by atoms with Gasteiger partial charge in [0, 0.05) is 53.6 Å². The van der Waals surface area contributed by atoms with Gasteiger partial charge in [0.1, 0.15) is 0 Å². The number of nitrogens with zero attached hydrogens (tertiary/aromatic N) is 5. The molecule has 10 aromatic rings. The summed E-state index contributed by atoms with van der Waals surface area (Å²) in [7, 11) is 0. The van der Waals surface area contributed by atoms with Crippen molar-refractivity contribution >= 4 is 31.5 Å². The summed E-state index contributed by atoms with van der Waals surface area (Å²) in [6.45, 7) is 0. The van der Waals surface area contributed by atoms with Gasteiger partial charge in [0.05, 0.1) is 11.4 Å². The summed E-state index contributed by atoms with van der Waals surface area (Å²) in [4.78, 5) is 25.2. The Hall–Kier alpha value is -7.15. The van der Waals surface area contributed by atoms with Gasteiger partial charge in [-0.3, -0.25) is 0 Å². The molecule has 0 N–H and O–H groups in total. The molecule has 0 amide bonds. The Balaban J connectivity index is 1.07. The topological polar surface area (TPSA) is 64.5 Å². The molecule has 0 radical (unpaired) electrons. The van der Waals surface area contributed by atoms with Gasteiger partial charge in [0.15, 0.2) is 23.3 Å². The van der Waals surface area contributed by atoms with E-state index in [1.165, 1.54) is 14.8 Å². The largest absolute Gasteiger partial charge is 0.228 e. The second-order valence-electron chi connectivity index (χ2n) is 13.3. The molecule has 5 nitrogen and oxygen atoms in total. The van der Waals surface area contributed by atoms with Crippen LogP contribution in [0, 0.1) is 0 Å². The van der Waals surface area contributed by atoms with Crippen molar-refractivity contribution in [3.8, 4) is 79.2 Å². The normalized spacial score (nSPS) is 11.3. The molecule has 258 valence electrons. The van der Waals surface area contributed by atoms with E-state index >= 15 is 0 Å². The van der Waals surface area contributed by atoms with Gasteiger partial charge in [0.2, 0.25) is 0 Å². The fourth-order valence-electron chi connectivity index (χ4n) is 7.05. The minimum absolute atomic E-state index is 0.650. The van der Waals surface area contributed by atoms with Crippen molar-refractivity contribution in [2.45, 2.75) is 0 Å². The van der Waals surface area contributed by atoms with Crippen LogP contribution in [-0.4, -0.2) is 24.9 Å². The van der Waals surface area contributed by atoms with Crippen LogP contribution >= 0.6 is 11.3 Å². The van der Waals surface area contributed by atoms with Crippen LogP contribution in [0.5, 0.6) is 0 Å². The van der Waals surface area contributed by atoms with E-state index < -0.39 is 0 Å². The molecular formula is C49H31N5S. The summed E-state index contributed by atoms with van der Waals surface area (Å²) in [5, 5.41) is 2.32. The summed E-state index contributed by atoms with van der Waals surface area (Å²) in [6.07, 6.45) is 0. The van der Waals surface area contributed by atoms with Gasteiger partial charge in [-0.2, -0.15) is 0 Å². The van der Waals surface area contributed by atoms with E-state index in [4.69, 9.17) is 24.9 Å². The van der Waals surface area contributed by atoms with Crippen LogP contribution in [0.15, 0.2) is 188 Å². The zero-order chi connectivity index (χ0) is 36.6. The number of fused-ring (bicyclic) bond motifs is 3. The van der Waals surface area contributed by atoms with Crippen LogP contribution in [-0.2, 0) is 0 Å². The SMILES string of the molecule is c1ccc(-c2cc(-c3ccccc3)nc(-c3cccc(-c4ccc5c(c4)sc4cccc(-c6nc(-c7ccccc7)nc(-c7ccccc7)n6)c45)c3)n2)cc1. The monoisotopic (exact) mass is 721 g/mol. The lowest BCUT2D eigenvalue weighted by molar-refractivity contribution is 1.08. The van der Waals surface area contributed by atoms with Gasteiger partial charge < -0.3 is 0 Å². The molecule has 0 saturated carbocycles. The smallest absolute Gasteiger partial charge is 0.164 e. The van der Waals surface area contributed by atoms with Crippen LogP contribution in [0.1, 0.15) is 0 Å². The second kappa shape index (κ2) is 14.0. The molecule has 3 heterocycles. The van der Waals surface area contributed by atoms with E-state index in [9.17, 15) is 0 Å². The molecule has 0 atom stereocenters. The number of hydrogen-bond acceptors (Lipinski definition) is 6. The van der Waals surface area contributed by atoms with Crippen LogP contribution in [0.2, 0.25) is 0 Å². The molecule has 55 heavy (non-hydrogen) atoms. The van der Waals surface area contributed by atoms with Gasteiger partial charge >= 0.3 is 0 Å². The van der Waals surface area contributed by atoms with Crippen LogP contribution in [0.3, 0.4) is 0 Å². The van der Waals surface area contributed by atoms with Crippen molar-refractivity contribution in [1.82, 2.24) is 24.9 Å². The molecule has 0 spiro atoms. The number of thiophene rings is 1. The minimum Gasteiger partial charge on any atom is -0.228 e. The Morgan fingerprint density at radius 1 is 0.291 bits per heavy atom. The molecular weight excluding hydrogens is 691 g/mol. The highest BCUT2D eigenvalue weighted by Gasteiger charge is 2.18. The summed E-state index contributed by atoms with van der Waals surface area (Å²) < 4.78 is 2.38. The third kappa shape index (κ3) is 6.35. The fraction of sp³-hybridized carbons (Fsp3) is 0. The molecule has 0 fully saturated rings. The zero-order valence-electron chi connectivity index (χ0n) is 29.5. The Kier molecular flexibility index (Phi) is 8.28. The summed E-state index contributed by atoms with van der Waals surface area (Å²) >= 11 is 1.78. The quantitative estimate of drug-likeness (QED) is 0.164. The third-order valence-electron chi connectivity index (χ3n) is 9.76. The molecule has 0 aliphatic carbocycles. The first-order chi connectivity index (χ1) is 27.2. The van der Waals surface area contributed by atoms with Crippen LogP contribution < -0.4 is 0 Å². The van der Waals surface area contributed by atoms with E-state index in [1.807, 2.05) is 97.1 Å². The van der Waals surface area contributed by atoms with Crippen molar-refractivity contribution in [3.63, 3.8) is 0 Å². The Bertz CT molecular complexity index is 2850. The molecule has 0 unspecified atom stereocenters. The van der Waals surface area contributed by atoms with E-state index in [-0.39, 0.29) is 0 Å². The third-order valence-corrected chi connectivity index (χ3v) is 10.9. The van der Waals surface area contributed by atoms with Crippen molar-refractivity contribution in [2.75, 3.05) is 0 Å². The average Bonchev–Trinajstić information content (AvgIpc) is 3.66. The highest BCUT2D eigenvalue weighted by molar-refractivity contribution is 7.26. The Morgan fingerprint density at radius 2 is 0.764 bits per heavy atom. The average molecular weight is 722 g/mol. The lowest BCUT2D eigenvalue weighted by atomic mass is 9.99. The van der Waals surface area contributed by atoms with E-state index in [1.54, 1.807) is 11.3 Å². The first kappa shape index (κ1) is 32.5. The molecule has 0 saturated heterocycles. The van der Waals surface area contributed by atoms with E-state index in [0.717, 1.165) is 61.3 Å². The molecule has 7 aromatic carbocycles. The second-order valence-corrected chi connectivity index (χ2v) is 14.4. The van der Waals surface area contributed by atoms with E-state index in [0.29, 0.717) is 23.3 Å². The highest BCUT2D eigenvalue weighted by atomic mass is 32.1. The van der Waals surface area contributed by atoms with Gasteiger partial charge in [-0.25, -0.2) is 24.9 Å². The zero-order valence-corrected chi connectivity index (χ0v) is 30.4. The summed E-state index contributed by atoms with van der Waals surface area (Å²) in [5.41, 5.74) is 9.97. The maximum absolute atomic E-state index is 5.08. The molecule has 0 aliphatic rings. The summed E-state index contributed by atoms with van der Waals surface area (Å²) in [6, 6.07) is 64.6. The first-order valence-corrected chi connectivity index (χ1v) is 19.0. The number of hydrogen-bond donors (Lipinski definition) is 0. The molecule has 0 aliphatic heterocycles. The van der Waals surface area contributed by atoms with E-state index in [2.05, 4.69) is 91.0 Å². The molecule has 6 heteroatoms. The first-order valence-electron chi connectivity index (χ1n) is 18.2. The number of benzene rings is 7. The molecule has 3 aromatic heterocycles. The van der Waals surface area contributed by atoms with Gasteiger partial charge in [-0.1, -0.05) is 164 Å². The Morgan fingerprint density at radius 3 is 1.36 bits per heavy atom. The predicted octanol–water partition coefficient (Wildman–Crippen LogP) is 12.7. The fourth-order valence-corrected chi connectivity index (χ4v) is 8.22. The van der Waals surface area contributed by atoms with Gasteiger partial charge in [-0.15, -0.1) is 11.3 Å². The van der Waals surface area contributed by atoms with Crippen LogP contribution in [0.4, 0.5) is 0 Å². The lowest BCUT2D eigenvalue weighted by Crippen LogP contribution is -2.00. The van der Waals surface area contributed by atoms with Gasteiger partial charge in [-0.05, 0) is 35.4 Å². The van der Waals surface area contributed by atoms with Crippen molar-refractivity contribution in [1.29, 1.82) is 0 Å². The predicted molar refractivity (Wildman–Crippen MR) is 226 cm³/mol. The lowest BCUT2D eigenvalue weighted by Gasteiger charge is -2.11. The Labute approximate surface area is 322 Å². The summed E-state index contributed by atoms with van der Waals surface area (Å²) in [5.74, 6) is 2.65. The number of rotatable bonds is 7. The number of aromatic nitrogens is 5. The maximum Gasteiger partial charge on any atom is 0.164 e. The van der Waals surface area contributed by atoms with Crippen molar-refractivity contribution in [3.05, 3.63) is 188 Å². The highest BCUT2D eigenvalue weighted by Crippen LogP contribution is 2.41. The van der Waals surface area contributed by atoms with Crippen molar-refractivity contribution in [2.24, 2.45) is 0 Å². The van der Waals surface area contributed by atoms with Gasteiger partial charge in [0.25, 0.3) is 0 Å². The van der Waals surface area contributed by atoms with Crippen LogP contribution in [0.25, 0.3) is 99.4 Å². The molecule has 10 rings (SSSR count). The maximum atomic E-state index is 5.08. The van der Waals surface area contributed by atoms with Crippen molar-refractivity contribution < 1.29 is 0 Å². The standard InChI is InChI=1S/C49H31N5S/c1-5-15-32(16-6-1)41-31-42(33-17-7-2-8-18-33)51-48(50-41)38-24-13-23-36(29-38)37-27-28-39-44(30-37)55-43-26-14-25-40(45(39)43)49-53-46(34-19-9-3-10-20-34)52-47(54-49)35-21-11-4-12-22-35/h1-31H. The minimum atomic E-state index is 0.650.